The molecule has 2 heterocycles. The molecule has 1 aliphatic carbocycles. The van der Waals surface area contributed by atoms with Gasteiger partial charge in [0.05, 0.1) is 30.3 Å². The minimum absolute atomic E-state index is 0.00968. The molecule has 32 heavy (non-hydrogen) atoms. The summed E-state index contributed by atoms with van der Waals surface area (Å²) < 4.78 is 0. The Morgan fingerprint density at radius 2 is 1.94 bits per heavy atom. The maximum atomic E-state index is 13.3. The normalized spacial score (nSPS) is 24.7. The van der Waals surface area contributed by atoms with Crippen LogP contribution in [0.2, 0.25) is 0 Å². The lowest BCUT2D eigenvalue weighted by Crippen LogP contribution is -2.50. The maximum Gasteiger partial charge on any atom is 0.318 e. The summed E-state index contributed by atoms with van der Waals surface area (Å²) in [6.07, 6.45) is 5.37. The predicted molar refractivity (Wildman–Crippen MR) is 124 cm³/mol. The Hall–Kier alpha value is -3.04. The van der Waals surface area contributed by atoms with Crippen LogP contribution in [0.15, 0.2) is 42.5 Å². The van der Waals surface area contributed by atoms with Gasteiger partial charge in [-0.05, 0) is 60.2 Å². The lowest BCUT2D eigenvalue weighted by Gasteiger charge is -2.44. The van der Waals surface area contributed by atoms with Gasteiger partial charge in [-0.1, -0.05) is 31.0 Å². The summed E-state index contributed by atoms with van der Waals surface area (Å²) in [4.78, 5) is 17.4. The van der Waals surface area contributed by atoms with Crippen molar-refractivity contribution in [3.8, 4) is 17.2 Å². The molecule has 0 bridgehead atoms. The molecule has 2 fully saturated rings. The van der Waals surface area contributed by atoms with Crippen molar-refractivity contribution in [3.05, 3.63) is 53.6 Å². The third-order valence-corrected chi connectivity index (χ3v) is 7.62. The van der Waals surface area contributed by atoms with E-state index in [2.05, 4.69) is 34.5 Å². The standard InChI is InChI=1S/C26H30N4O2/c1-29-23-10-9-19(18-6-4-5-17(13-18)15-27)14-22(23)25-21(24(29)16-31)11-12-30(25)26(32)28-20-7-2-3-8-20/h4-6,9-10,13-14,20-21,24-25,31H,2-3,7-8,11-12,16H2,1H3,(H,28,32)/t21-,24+,25-/m1/s1. The fourth-order valence-corrected chi connectivity index (χ4v) is 5.96. The van der Waals surface area contributed by atoms with Gasteiger partial charge in [0.1, 0.15) is 0 Å². The zero-order valence-electron chi connectivity index (χ0n) is 18.5. The number of amides is 2. The zero-order valence-corrected chi connectivity index (χ0v) is 18.5. The minimum Gasteiger partial charge on any atom is -0.394 e. The van der Waals surface area contributed by atoms with Crippen molar-refractivity contribution in [2.24, 2.45) is 5.92 Å². The molecular weight excluding hydrogens is 400 g/mol. The third-order valence-electron chi connectivity index (χ3n) is 7.62. The molecule has 3 aliphatic rings. The highest BCUT2D eigenvalue weighted by Crippen LogP contribution is 2.49. The van der Waals surface area contributed by atoms with Gasteiger partial charge in [-0.25, -0.2) is 4.79 Å². The highest BCUT2D eigenvalue weighted by Gasteiger charge is 2.48. The number of carbonyl (C=O) groups excluding carboxylic acids is 1. The summed E-state index contributed by atoms with van der Waals surface area (Å²) in [5.41, 5.74) is 4.86. The van der Waals surface area contributed by atoms with Crippen molar-refractivity contribution < 1.29 is 9.90 Å². The second-order valence-electron chi connectivity index (χ2n) is 9.35. The van der Waals surface area contributed by atoms with Gasteiger partial charge in [0.25, 0.3) is 0 Å². The fourth-order valence-electron chi connectivity index (χ4n) is 5.96. The molecule has 0 radical (unpaired) electrons. The van der Waals surface area contributed by atoms with Gasteiger partial charge in [0.15, 0.2) is 0 Å². The number of nitrogens with one attached hydrogen (secondary N) is 1. The third kappa shape index (κ3) is 3.51. The van der Waals surface area contributed by atoms with E-state index < -0.39 is 0 Å². The van der Waals surface area contributed by atoms with Crippen LogP contribution < -0.4 is 10.2 Å². The van der Waals surface area contributed by atoms with Crippen LogP contribution in [0, 0.1) is 17.2 Å². The molecule has 0 unspecified atom stereocenters. The average Bonchev–Trinajstić information content (AvgIpc) is 3.49. The smallest absolute Gasteiger partial charge is 0.318 e. The lowest BCUT2D eigenvalue weighted by molar-refractivity contribution is 0.158. The number of aliphatic hydroxyl groups excluding tert-OH is 1. The van der Waals surface area contributed by atoms with E-state index >= 15 is 0 Å². The molecule has 6 nitrogen and oxygen atoms in total. The van der Waals surface area contributed by atoms with Gasteiger partial charge in [-0.3, -0.25) is 0 Å². The van der Waals surface area contributed by atoms with E-state index in [1.807, 2.05) is 36.2 Å². The second kappa shape index (κ2) is 8.48. The fraction of sp³-hybridized carbons (Fsp3) is 0.462. The Kier molecular flexibility index (Phi) is 5.52. The molecule has 2 aliphatic heterocycles. The number of likely N-dealkylation sites (tertiary alicyclic amines) is 1. The molecule has 1 saturated heterocycles. The number of carbonyl (C=O) groups is 1. The van der Waals surface area contributed by atoms with Crippen LogP contribution in [-0.4, -0.2) is 48.3 Å². The summed E-state index contributed by atoms with van der Waals surface area (Å²) >= 11 is 0. The maximum absolute atomic E-state index is 13.3. The molecule has 166 valence electrons. The number of aliphatic hydroxyl groups is 1. The molecule has 5 rings (SSSR count). The number of hydrogen-bond donors (Lipinski definition) is 2. The van der Waals surface area contributed by atoms with E-state index in [1.54, 1.807) is 0 Å². The molecule has 0 spiro atoms. The van der Waals surface area contributed by atoms with Crippen molar-refractivity contribution in [2.75, 3.05) is 25.1 Å². The first-order chi connectivity index (χ1) is 15.6. The van der Waals surface area contributed by atoms with E-state index in [4.69, 9.17) is 0 Å². The highest BCUT2D eigenvalue weighted by atomic mass is 16.3. The minimum atomic E-state index is -0.0566. The highest BCUT2D eigenvalue weighted by molar-refractivity contribution is 5.78. The first kappa shape index (κ1) is 20.8. The Balaban J connectivity index is 1.53. The number of nitrogens with zero attached hydrogens (tertiary/aromatic N) is 3. The quantitative estimate of drug-likeness (QED) is 0.770. The largest absolute Gasteiger partial charge is 0.394 e. The number of likely N-dealkylation sites (N-methyl/N-ethyl adjacent to an activating group) is 1. The first-order valence-corrected chi connectivity index (χ1v) is 11.7. The molecule has 3 atom stereocenters. The number of rotatable bonds is 3. The summed E-state index contributed by atoms with van der Waals surface area (Å²) in [6.45, 7) is 0.771. The molecule has 0 aromatic heterocycles. The van der Waals surface area contributed by atoms with Crippen molar-refractivity contribution in [1.82, 2.24) is 10.2 Å². The number of benzene rings is 2. The van der Waals surface area contributed by atoms with E-state index in [0.29, 0.717) is 12.1 Å². The summed E-state index contributed by atoms with van der Waals surface area (Å²) in [6, 6.07) is 16.4. The van der Waals surface area contributed by atoms with Crippen molar-refractivity contribution in [1.29, 1.82) is 5.26 Å². The number of fused-ring (bicyclic) bond motifs is 3. The molecule has 6 heteroatoms. The Morgan fingerprint density at radius 3 is 2.69 bits per heavy atom. The second-order valence-corrected chi connectivity index (χ2v) is 9.35. The van der Waals surface area contributed by atoms with Crippen LogP contribution in [0.5, 0.6) is 0 Å². The Labute approximate surface area is 189 Å². The van der Waals surface area contributed by atoms with Gasteiger partial charge in [0, 0.05) is 31.2 Å². The van der Waals surface area contributed by atoms with Crippen LogP contribution in [0.3, 0.4) is 0 Å². The first-order valence-electron chi connectivity index (χ1n) is 11.7. The SMILES string of the molecule is CN1c2ccc(-c3cccc(C#N)c3)cc2[C@H]2[C@H](CCN2C(=O)NC2CCCC2)[C@@H]1CO. The molecule has 2 amide bonds. The van der Waals surface area contributed by atoms with Gasteiger partial charge in [0.2, 0.25) is 0 Å². The van der Waals surface area contributed by atoms with E-state index in [-0.39, 0.29) is 36.7 Å². The van der Waals surface area contributed by atoms with Crippen LogP contribution in [-0.2, 0) is 0 Å². The molecule has 1 saturated carbocycles. The lowest BCUT2D eigenvalue weighted by atomic mass is 9.81. The molecule has 2 N–H and O–H groups in total. The van der Waals surface area contributed by atoms with Crippen molar-refractivity contribution >= 4 is 11.7 Å². The number of hydrogen-bond acceptors (Lipinski definition) is 4. The molecular formula is C26H30N4O2. The van der Waals surface area contributed by atoms with Gasteiger partial charge in [-0.2, -0.15) is 5.26 Å². The predicted octanol–water partition coefficient (Wildman–Crippen LogP) is 4.05. The number of nitriles is 1. The molecule has 2 aromatic carbocycles. The van der Waals surface area contributed by atoms with Gasteiger partial charge in [-0.15, -0.1) is 0 Å². The summed E-state index contributed by atoms with van der Waals surface area (Å²) in [5.74, 6) is 0.188. The average molecular weight is 431 g/mol. The van der Waals surface area contributed by atoms with E-state index in [1.165, 1.54) is 12.8 Å². The van der Waals surface area contributed by atoms with Crippen molar-refractivity contribution in [2.45, 2.75) is 50.2 Å². The Morgan fingerprint density at radius 1 is 1.16 bits per heavy atom. The van der Waals surface area contributed by atoms with E-state index in [9.17, 15) is 15.2 Å². The number of urea groups is 1. The topological polar surface area (TPSA) is 79.6 Å². The summed E-state index contributed by atoms with van der Waals surface area (Å²) in [5, 5.41) is 22.7. The Bertz CT molecular complexity index is 1060. The van der Waals surface area contributed by atoms with Crippen LogP contribution in [0.1, 0.15) is 49.3 Å². The van der Waals surface area contributed by atoms with Crippen LogP contribution in [0.4, 0.5) is 10.5 Å². The van der Waals surface area contributed by atoms with Gasteiger partial charge >= 0.3 is 6.03 Å². The summed E-state index contributed by atoms with van der Waals surface area (Å²) in [7, 11) is 2.03. The number of anilines is 1. The molecule has 2 aromatic rings. The monoisotopic (exact) mass is 430 g/mol. The zero-order chi connectivity index (χ0) is 22.2. The van der Waals surface area contributed by atoms with E-state index in [0.717, 1.165) is 41.6 Å². The van der Waals surface area contributed by atoms with Crippen LogP contribution >= 0.6 is 0 Å². The van der Waals surface area contributed by atoms with Crippen molar-refractivity contribution in [3.63, 3.8) is 0 Å². The van der Waals surface area contributed by atoms with Gasteiger partial charge < -0.3 is 20.2 Å². The van der Waals surface area contributed by atoms with Crippen LogP contribution in [0.25, 0.3) is 11.1 Å².